The molecule has 2 unspecified atom stereocenters. The first-order valence-electron chi connectivity index (χ1n) is 4.86. The Kier molecular flexibility index (Phi) is 4.92. The molecular weight excluding hydrogens is 234 g/mol. The first kappa shape index (κ1) is 14.9. The number of sulfone groups is 1. The van der Waals surface area contributed by atoms with Gasteiger partial charge in [-0.25, -0.2) is 8.42 Å². The topological polar surface area (TPSA) is 101 Å². The van der Waals surface area contributed by atoms with Crippen molar-refractivity contribution in [3.8, 4) is 0 Å². The van der Waals surface area contributed by atoms with E-state index in [0.29, 0.717) is 0 Å². The number of carbonyl (C=O) groups is 2. The first-order chi connectivity index (χ1) is 7.10. The first-order valence-corrected chi connectivity index (χ1v) is 6.47. The number of carboxylic acids is 1. The Balaban J connectivity index is 4.91. The van der Waals surface area contributed by atoms with E-state index in [0.717, 1.165) is 6.92 Å². The lowest BCUT2D eigenvalue weighted by atomic mass is 10.3. The van der Waals surface area contributed by atoms with Crippen molar-refractivity contribution in [1.82, 2.24) is 5.32 Å². The summed E-state index contributed by atoms with van der Waals surface area (Å²) in [4.78, 5) is 22.0. The van der Waals surface area contributed by atoms with E-state index in [4.69, 9.17) is 5.11 Å². The summed E-state index contributed by atoms with van der Waals surface area (Å²) in [5.74, 6) is -2.13. The molecule has 2 atom stereocenters. The van der Waals surface area contributed by atoms with Crippen molar-refractivity contribution in [3.63, 3.8) is 0 Å². The lowest BCUT2D eigenvalue weighted by Gasteiger charge is -2.17. The third-order valence-corrected chi connectivity index (χ3v) is 4.52. The van der Waals surface area contributed by atoms with Crippen molar-refractivity contribution in [2.75, 3.05) is 0 Å². The van der Waals surface area contributed by atoms with Gasteiger partial charge in [0.15, 0.2) is 15.1 Å². The van der Waals surface area contributed by atoms with Crippen molar-refractivity contribution < 1.29 is 23.1 Å². The van der Waals surface area contributed by atoms with Crippen molar-refractivity contribution in [2.45, 2.75) is 44.2 Å². The lowest BCUT2D eigenvalue weighted by Crippen LogP contribution is -2.45. The lowest BCUT2D eigenvalue weighted by molar-refractivity contribution is -0.136. The predicted octanol–water partition coefficient (Wildman–Crippen LogP) is -0.213. The smallest absolute Gasteiger partial charge is 0.321 e. The number of rotatable bonds is 5. The summed E-state index contributed by atoms with van der Waals surface area (Å²) in [6.07, 6.45) is 0. The van der Waals surface area contributed by atoms with Gasteiger partial charge in [-0.15, -0.1) is 0 Å². The SMILES string of the molecule is CC(C)NC(=O)C(C)S(=O)(=O)C(C)C(=O)O. The Morgan fingerprint density at radius 2 is 1.50 bits per heavy atom. The molecule has 2 N–H and O–H groups in total. The molecule has 7 heteroatoms. The zero-order valence-corrected chi connectivity index (χ0v) is 10.5. The molecule has 6 nitrogen and oxygen atoms in total. The van der Waals surface area contributed by atoms with Crippen LogP contribution < -0.4 is 5.32 Å². The summed E-state index contributed by atoms with van der Waals surface area (Å²) in [6.45, 7) is 5.62. The van der Waals surface area contributed by atoms with Crippen LogP contribution in [-0.2, 0) is 19.4 Å². The fourth-order valence-electron chi connectivity index (χ4n) is 0.998. The second kappa shape index (κ2) is 5.29. The fourth-order valence-corrected chi connectivity index (χ4v) is 2.26. The summed E-state index contributed by atoms with van der Waals surface area (Å²) >= 11 is 0. The third-order valence-electron chi connectivity index (χ3n) is 2.13. The fraction of sp³-hybridized carbons (Fsp3) is 0.778. The minimum Gasteiger partial charge on any atom is -0.480 e. The highest BCUT2D eigenvalue weighted by Crippen LogP contribution is 2.10. The quantitative estimate of drug-likeness (QED) is 0.704. The molecular formula is C9H17NO5S. The molecule has 1 amide bonds. The van der Waals surface area contributed by atoms with Crippen molar-refractivity contribution in [3.05, 3.63) is 0 Å². The van der Waals surface area contributed by atoms with Crippen LogP contribution >= 0.6 is 0 Å². The van der Waals surface area contributed by atoms with Crippen LogP contribution in [0.5, 0.6) is 0 Å². The number of nitrogens with one attached hydrogen (secondary N) is 1. The number of hydrogen-bond donors (Lipinski definition) is 2. The summed E-state index contributed by atoms with van der Waals surface area (Å²) < 4.78 is 23.3. The Morgan fingerprint density at radius 3 is 1.81 bits per heavy atom. The number of hydrogen-bond acceptors (Lipinski definition) is 4. The normalized spacial score (nSPS) is 15.6. The summed E-state index contributed by atoms with van der Waals surface area (Å²) in [5.41, 5.74) is 0. The van der Waals surface area contributed by atoms with Crippen LogP contribution in [0, 0.1) is 0 Å². The van der Waals surface area contributed by atoms with Gasteiger partial charge in [0.2, 0.25) is 5.91 Å². The van der Waals surface area contributed by atoms with Gasteiger partial charge in [0.25, 0.3) is 0 Å². The molecule has 0 aromatic heterocycles. The van der Waals surface area contributed by atoms with Crippen LogP contribution in [0.3, 0.4) is 0 Å². The second-order valence-corrected chi connectivity index (χ2v) is 6.47. The highest BCUT2D eigenvalue weighted by molar-refractivity contribution is 7.94. The van der Waals surface area contributed by atoms with Crippen LogP contribution in [0.15, 0.2) is 0 Å². The Hall–Kier alpha value is -1.11. The van der Waals surface area contributed by atoms with Crippen molar-refractivity contribution in [1.29, 1.82) is 0 Å². The van der Waals surface area contributed by atoms with E-state index in [1.807, 2.05) is 0 Å². The average molecular weight is 251 g/mol. The van der Waals surface area contributed by atoms with Gasteiger partial charge >= 0.3 is 5.97 Å². The molecule has 0 aliphatic carbocycles. The molecule has 0 spiro atoms. The number of amides is 1. The van der Waals surface area contributed by atoms with Crippen LogP contribution in [0.1, 0.15) is 27.7 Å². The maximum Gasteiger partial charge on any atom is 0.321 e. The third kappa shape index (κ3) is 3.48. The molecule has 0 aliphatic rings. The van der Waals surface area contributed by atoms with E-state index >= 15 is 0 Å². The standard InChI is InChI=1S/C9H17NO5S/c1-5(2)10-8(11)6(3)16(14,15)7(4)9(12)13/h5-7H,1-4H3,(H,10,11)(H,12,13). The molecule has 0 aliphatic heterocycles. The molecule has 0 rings (SSSR count). The predicted molar refractivity (Wildman–Crippen MR) is 58.8 cm³/mol. The molecule has 0 aromatic carbocycles. The minimum absolute atomic E-state index is 0.190. The van der Waals surface area contributed by atoms with Gasteiger partial charge < -0.3 is 10.4 Å². The van der Waals surface area contributed by atoms with Crippen LogP contribution in [0.25, 0.3) is 0 Å². The molecule has 94 valence electrons. The van der Waals surface area contributed by atoms with Gasteiger partial charge in [0.1, 0.15) is 5.25 Å². The maximum atomic E-state index is 11.7. The minimum atomic E-state index is -3.99. The van der Waals surface area contributed by atoms with Gasteiger partial charge in [-0.2, -0.15) is 0 Å². The summed E-state index contributed by atoms with van der Waals surface area (Å²) in [5, 5.41) is 8.11. The Morgan fingerprint density at radius 1 is 1.06 bits per heavy atom. The summed E-state index contributed by atoms with van der Waals surface area (Å²) in [6, 6.07) is -0.190. The molecule has 0 bridgehead atoms. The van der Waals surface area contributed by atoms with Gasteiger partial charge in [0, 0.05) is 6.04 Å². The summed E-state index contributed by atoms with van der Waals surface area (Å²) in [7, 11) is -3.99. The average Bonchev–Trinajstić information content (AvgIpc) is 2.13. The molecule has 0 aromatic rings. The number of carboxylic acid groups (broad SMARTS) is 1. The highest BCUT2D eigenvalue weighted by atomic mass is 32.2. The molecule has 16 heavy (non-hydrogen) atoms. The molecule has 0 saturated carbocycles. The maximum absolute atomic E-state index is 11.7. The molecule has 0 fully saturated rings. The van der Waals surface area contributed by atoms with E-state index < -0.39 is 32.2 Å². The van der Waals surface area contributed by atoms with Crippen LogP contribution in [-0.4, -0.2) is 41.9 Å². The van der Waals surface area contributed by atoms with Crippen LogP contribution in [0.4, 0.5) is 0 Å². The number of aliphatic carboxylic acids is 1. The Bertz CT molecular complexity index is 373. The van der Waals surface area contributed by atoms with Gasteiger partial charge in [-0.1, -0.05) is 0 Å². The Labute approximate surface area is 95.0 Å². The molecule has 0 heterocycles. The van der Waals surface area contributed by atoms with Crippen LogP contribution in [0.2, 0.25) is 0 Å². The zero-order chi connectivity index (χ0) is 13.1. The molecule has 0 radical (unpaired) electrons. The van der Waals surface area contributed by atoms with E-state index in [2.05, 4.69) is 5.32 Å². The van der Waals surface area contributed by atoms with Crippen molar-refractivity contribution >= 4 is 21.7 Å². The monoisotopic (exact) mass is 251 g/mol. The van der Waals surface area contributed by atoms with E-state index in [1.54, 1.807) is 13.8 Å². The zero-order valence-electron chi connectivity index (χ0n) is 9.72. The van der Waals surface area contributed by atoms with E-state index in [9.17, 15) is 18.0 Å². The van der Waals surface area contributed by atoms with Gasteiger partial charge in [0.05, 0.1) is 0 Å². The second-order valence-electron chi connectivity index (χ2n) is 3.88. The molecule has 0 saturated heterocycles. The van der Waals surface area contributed by atoms with E-state index in [-0.39, 0.29) is 6.04 Å². The van der Waals surface area contributed by atoms with E-state index in [1.165, 1.54) is 6.92 Å². The van der Waals surface area contributed by atoms with Gasteiger partial charge in [-0.05, 0) is 27.7 Å². The number of carbonyl (C=O) groups excluding carboxylic acids is 1. The highest BCUT2D eigenvalue weighted by Gasteiger charge is 2.37. The largest absolute Gasteiger partial charge is 0.480 e. The van der Waals surface area contributed by atoms with Gasteiger partial charge in [-0.3, -0.25) is 9.59 Å². The van der Waals surface area contributed by atoms with Crippen molar-refractivity contribution in [2.24, 2.45) is 0 Å².